The first-order valence-electron chi connectivity index (χ1n) is 4.97. The fourth-order valence-electron chi connectivity index (χ4n) is 1.87. The number of aryl methyl sites for hydroxylation is 1. The van der Waals surface area contributed by atoms with E-state index in [1.165, 1.54) is 16.6 Å². The summed E-state index contributed by atoms with van der Waals surface area (Å²) in [6, 6.07) is 10.9. The molecule has 0 amide bonds. The molecule has 2 N–H and O–H groups in total. The second kappa shape index (κ2) is 3.46. The molecular formula is C12H16N2. The van der Waals surface area contributed by atoms with E-state index in [2.05, 4.69) is 41.9 Å². The Hall–Kier alpha value is -1.28. The molecule has 0 aliphatic rings. The summed E-state index contributed by atoms with van der Waals surface area (Å²) < 4.78 is 2.22. The van der Waals surface area contributed by atoms with Crippen molar-refractivity contribution in [3.8, 4) is 0 Å². The summed E-state index contributed by atoms with van der Waals surface area (Å²) >= 11 is 0. The highest BCUT2D eigenvalue weighted by atomic mass is 14.9. The Bertz CT molecular complexity index is 441. The van der Waals surface area contributed by atoms with Gasteiger partial charge < -0.3 is 10.3 Å². The minimum absolute atomic E-state index is 0.220. The van der Waals surface area contributed by atoms with Crippen molar-refractivity contribution in [1.29, 1.82) is 0 Å². The number of hydrogen-bond donors (Lipinski definition) is 1. The predicted octanol–water partition coefficient (Wildman–Crippen LogP) is 2.07. The molecule has 2 aromatic rings. The van der Waals surface area contributed by atoms with Gasteiger partial charge in [0.05, 0.1) is 0 Å². The molecule has 1 aromatic heterocycles. The monoisotopic (exact) mass is 188 g/mol. The zero-order valence-electron chi connectivity index (χ0n) is 8.70. The van der Waals surface area contributed by atoms with Crippen molar-refractivity contribution in [3.63, 3.8) is 0 Å². The highest BCUT2D eigenvalue weighted by Gasteiger charge is 2.06. The van der Waals surface area contributed by atoms with Gasteiger partial charge in [0.25, 0.3) is 0 Å². The van der Waals surface area contributed by atoms with Gasteiger partial charge in [0.1, 0.15) is 0 Å². The van der Waals surface area contributed by atoms with Crippen LogP contribution in [0, 0.1) is 0 Å². The fraction of sp³-hybridized carbons (Fsp3) is 0.333. The summed E-state index contributed by atoms with van der Waals surface area (Å²) in [5, 5.41) is 1.30. The van der Waals surface area contributed by atoms with Crippen LogP contribution in [0.25, 0.3) is 10.9 Å². The maximum absolute atomic E-state index is 5.80. The molecule has 2 nitrogen and oxygen atoms in total. The molecule has 0 unspecified atom stereocenters. The first-order valence-corrected chi connectivity index (χ1v) is 4.97. The van der Waals surface area contributed by atoms with E-state index in [-0.39, 0.29) is 6.04 Å². The summed E-state index contributed by atoms with van der Waals surface area (Å²) in [6.07, 6.45) is 0.936. The largest absolute Gasteiger partial charge is 0.348 e. The van der Waals surface area contributed by atoms with E-state index < -0.39 is 0 Å². The number of fused-ring (bicyclic) bond motifs is 1. The number of benzene rings is 1. The number of nitrogens with two attached hydrogens (primary N) is 1. The van der Waals surface area contributed by atoms with Crippen molar-refractivity contribution < 1.29 is 0 Å². The lowest BCUT2D eigenvalue weighted by atomic mass is 10.2. The SMILES string of the molecule is C[C@@H](N)Cc1cc2ccccc2n1C. The van der Waals surface area contributed by atoms with Crippen LogP contribution in [-0.2, 0) is 13.5 Å². The van der Waals surface area contributed by atoms with E-state index in [1.807, 2.05) is 6.92 Å². The second-order valence-electron chi connectivity index (χ2n) is 3.93. The first kappa shape index (κ1) is 9.28. The van der Waals surface area contributed by atoms with E-state index in [0.29, 0.717) is 0 Å². The van der Waals surface area contributed by atoms with Gasteiger partial charge in [0.15, 0.2) is 0 Å². The maximum Gasteiger partial charge on any atom is 0.0479 e. The maximum atomic E-state index is 5.80. The van der Waals surface area contributed by atoms with Crippen LogP contribution >= 0.6 is 0 Å². The van der Waals surface area contributed by atoms with Crippen molar-refractivity contribution in [2.75, 3.05) is 0 Å². The molecule has 0 fully saturated rings. The minimum Gasteiger partial charge on any atom is -0.348 e. The van der Waals surface area contributed by atoms with Crippen LogP contribution in [0.2, 0.25) is 0 Å². The van der Waals surface area contributed by atoms with Gasteiger partial charge in [-0.2, -0.15) is 0 Å². The van der Waals surface area contributed by atoms with Crippen molar-refractivity contribution in [3.05, 3.63) is 36.0 Å². The zero-order valence-corrected chi connectivity index (χ0v) is 8.70. The lowest BCUT2D eigenvalue weighted by molar-refractivity contribution is 0.696. The van der Waals surface area contributed by atoms with Gasteiger partial charge in [-0.25, -0.2) is 0 Å². The van der Waals surface area contributed by atoms with E-state index in [1.54, 1.807) is 0 Å². The molecule has 2 heteroatoms. The number of hydrogen-bond acceptors (Lipinski definition) is 1. The molecule has 0 spiro atoms. The summed E-state index contributed by atoms with van der Waals surface area (Å²) in [7, 11) is 2.10. The van der Waals surface area contributed by atoms with Crippen LogP contribution in [0.1, 0.15) is 12.6 Å². The topological polar surface area (TPSA) is 30.9 Å². The molecular weight excluding hydrogens is 172 g/mol. The van der Waals surface area contributed by atoms with E-state index >= 15 is 0 Å². The Morgan fingerprint density at radius 1 is 1.36 bits per heavy atom. The fourth-order valence-corrected chi connectivity index (χ4v) is 1.87. The molecule has 0 radical (unpaired) electrons. The van der Waals surface area contributed by atoms with Crippen molar-refractivity contribution in [1.82, 2.24) is 4.57 Å². The Morgan fingerprint density at radius 2 is 2.07 bits per heavy atom. The summed E-state index contributed by atoms with van der Waals surface area (Å²) in [5.41, 5.74) is 8.39. The number of aromatic nitrogens is 1. The van der Waals surface area contributed by atoms with Crippen LogP contribution < -0.4 is 5.73 Å². The third-order valence-corrected chi connectivity index (χ3v) is 2.58. The Morgan fingerprint density at radius 3 is 2.71 bits per heavy atom. The van der Waals surface area contributed by atoms with Crippen LogP contribution in [0.3, 0.4) is 0 Å². The van der Waals surface area contributed by atoms with Gasteiger partial charge in [-0.3, -0.25) is 0 Å². The average molecular weight is 188 g/mol. The molecule has 2 rings (SSSR count). The van der Waals surface area contributed by atoms with Gasteiger partial charge in [0.2, 0.25) is 0 Å². The number of rotatable bonds is 2. The van der Waals surface area contributed by atoms with Crippen molar-refractivity contribution >= 4 is 10.9 Å². The molecule has 14 heavy (non-hydrogen) atoms. The molecule has 74 valence electrons. The highest BCUT2D eigenvalue weighted by molar-refractivity contribution is 5.81. The molecule has 1 aromatic carbocycles. The molecule has 1 heterocycles. The normalized spacial score (nSPS) is 13.4. The Kier molecular flexibility index (Phi) is 2.30. The van der Waals surface area contributed by atoms with E-state index in [0.717, 1.165) is 6.42 Å². The third-order valence-electron chi connectivity index (χ3n) is 2.58. The van der Waals surface area contributed by atoms with E-state index in [4.69, 9.17) is 5.73 Å². The smallest absolute Gasteiger partial charge is 0.0479 e. The van der Waals surface area contributed by atoms with Gasteiger partial charge in [-0.1, -0.05) is 18.2 Å². The Labute approximate surface area is 84.3 Å². The minimum atomic E-state index is 0.220. The van der Waals surface area contributed by atoms with Crippen LogP contribution in [0.4, 0.5) is 0 Å². The lowest BCUT2D eigenvalue weighted by Crippen LogP contribution is -2.19. The van der Waals surface area contributed by atoms with Crippen LogP contribution in [-0.4, -0.2) is 10.6 Å². The van der Waals surface area contributed by atoms with Gasteiger partial charge >= 0.3 is 0 Å². The van der Waals surface area contributed by atoms with Crippen molar-refractivity contribution in [2.24, 2.45) is 12.8 Å². The standard InChI is InChI=1S/C12H16N2/c1-9(13)7-11-8-10-5-3-4-6-12(10)14(11)2/h3-6,8-9H,7,13H2,1-2H3/t9-/m1/s1. The first-order chi connectivity index (χ1) is 6.68. The average Bonchev–Trinajstić information content (AvgIpc) is 2.44. The Balaban J connectivity index is 2.51. The highest BCUT2D eigenvalue weighted by Crippen LogP contribution is 2.18. The molecule has 0 aliphatic carbocycles. The predicted molar refractivity (Wildman–Crippen MR) is 60.3 cm³/mol. The summed E-state index contributed by atoms with van der Waals surface area (Å²) in [6.45, 7) is 2.04. The molecule has 1 atom stereocenters. The van der Waals surface area contributed by atoms with Crippen molar-refractivity contribution in [2.45, 2.75) is 19.4 Å². The zero-order chi connectivity index (χ0) is 10.1. The third kappa shape index (κ3) is 1.53. The van der Waals surface area contributed by atoms with Crippen LogP contribution in [0.5, 0.6) is 0 Å². The number of nitrogens with zero attached hydrogens (tertiary/aromatic N) is 1. The number of para-hydroxylation sites is 1. The summed E-state index contributed by atoms with van der Waals surface area (Å²) in [4.78, 5) is 0. The van der Waals surface area contributed by atoms with Gasteiger partial charge in [-0.05, 0) is 24.4 Å². The lowest BCUT2D eigenvalue weighted by Gasteiger charge is -2.06. The quantitative estimate of drug-likeness (QED) is 0.768. The van der Waals surface area contributed by atoms with Gasteiger partial charge in [-0.15, -0.1) is 0 Å². The molecule has 0 saturated carbocycles. The molecule has 0 aliphatic heterocycles. The summed E-state index contributed by atoms with van der Waals surface area (Å²) in [5.74, 6) is 0. The van der Waals surface area contributed by atoms with Crippen LogP contribution in [0.15, 0.2) is 30.3 Å². The van der Waals surface area contributed by atoms with Gasteiger partial charge in [0, 0.05) is 30.7 Å². The van der Waals surface area contributed by atoms with E-state index in [9.17, 15) is 0 Å². The molecule has 0 bridgehead atoms. The second-order valence-corrected chi connectivity index (χ2v) is 3.93. The molecule has 0 saturated heterocycles.